The van der Waals surface area contributed by atoms with Crippen LogP contribution in [0.15, 0.2) is 18.2 Å². The summed E-state index contributed by atoms with van der Waals surface area (Å²) in [4.78, 5) is 0. The molecule has 102 valence electrons. The molecular weight excluding hydrogens is 274 g/mol. The molecule has 0 saturated carbocycles. The first kappa shape index (κ1) is 15.3. The third-order valence-electron chi connectivity index (χ3n) is 2.42. The number of hydrogen-bond donors (Lipinski definition) is 1. The van der Waals surface area contributed by atoms with Gasteiger partial charge in [0, 0.05) is 18.8 Å². The maximum Gasteiger partial charge on any atom is 0.148 e. The monoisotopic (exact) mass is 291 g/mol. The third kappa shape index (κ3) is 5.25. The lowest BCUT2D eigenvalue weighted by molar-refractivity contribution is 0.415. The first-order valence-electron chi connectivity index (χ1n) is 5.55. The van der Waals surface area contributed by atoms with Gasteiger partial charge in [0.25, 0.3) is 0 Å². The number of nitrogens with one attached hydrogen (secondary N) is 1. The molecule has 6 heteroatoms. The molecule has 0 spiro atoms. The van der Waals surface area contributed by atoms with Crippen LogP contribution < -0.4 is 10.1 Å². The molecule has 4 nitrogen and oxygen atoms in total. The fraction of sp³-hybridized carbons (Fsp3) is 0.500. The second kappa shape index (κ2) is 6.41. The molecule has 18 heavy (non-hydrogen) atoms. The Kier molecular flexibility index (Phi) is 5.44. The van der Waals surface area contributed by atoms with Gasteiger partial charge in [-0.25, -0.2) is 8.42 Å². The standard InChI is InChI=1S/C12H18ClNO3S/c1-9(8-18(3,15)16)14-7-10-4-5-12(17-2)11(13)6-10/h4-6,9,14H,7-8H2,1-3H3. The summed E-state index contributed by atoms with van der Waals surface area (Å²) in [7, 11) is -1.39. The topological polar surface area (TPSA) is 55.4 Å². The van der Waals surface area contributed by atoms with Crippen LogP contribution in [-0.2, 0) is 16.4 Å². The molecule has 1 N–H and O–H groups in total. The molecule has 1 aromatic carbocycles. The van der Waals surface area contributed by atoms with Gasteiger partial charge < -0.3 is 10.1 Å². The lowest BCUT2D eigenvalue weighted by atomic mass is 10.2. The van der Waals surface area contributed by atoms with E-state index < -0.39 is 9.84 Å². The van der Waals surface area contributed by atoms with Crippen LogP contribution in [0.3, 0.4) is 0 Å². The summed E-state index contributed by atoms with van der Waals surface area (Å²) in [6, 6.07) is 5.40. The Bertz CT molecular complexity index is 502. The Morgan fingerprint density at radius 1 is 1.44 bits per heavy atom. The van der Waals surface area contributed by atoms with Gasteiger partial charge in [-0.3, -0.25) is 0 Å². The van der Waals surface area contributed by atoms with Crippen LogP contribution in [0.5, 0.6) is 5.75 Å². The molecule has 0 radical (unpaired) electrons. The van der Waals surface area contributed by atoms with Crippen LogP contribution >= 0.6 is 11.6 Å². The van der Waals surface area contributed by atoms with Crippen LogP contribution in [0, 0.1) is 0 Å². The molecule has 1 aromatic rings. The van der Waals surface area contributed by atoms with E-state index >= 15 is 0 Å². The molecule has 1 atom stereocenters. The SMILES string of the molecule is COc1ccc(CNC(C)CS(C)(=O)=O)cc1Cl. The highest BCUT2D eigenvalue weighted by Gasteiger charge is 2.10. The normalized spacial score (nSPS) is 13.3. The highest BCUT2D eigenvalue weighted by atomic mass is 35.5. The third-order valence-corrected chi connectivity index (χ3v) is 3.82. The second-order valence-electron chi connectivity index (χ2n) is 4.34. The molecule has 0 aliphatic rings. The van der Waals surface area contributed by atoms with Crippen LogP contribution in [-0.4, -0.2) is 33.6 Å². The number of methoxy groups -OCH3 is 1. The van der Waals surface area contributed by atoms with Crippen LogP contribution in [0.25, 0.3) is 0 Å². The zero-order valence-electron chi connectivity index (χ0n) is 10.7. The fourth-order valence-corrected chi connectivity index (χ4v) is 2.93. The average Bonchev–Trinajstić information content (AvgIpc) is 2.24. The lowest BCUT2D eigenvalue weighted by Crippen LogP contribution is -2.32. The quantitative estimate of drug-likeness (QED) is 0.869. The Labute approximate surface area is 113 Å². The summed E-state index contributed by atoms with van der Waals surface area (Å²) in [5.74, 6) is 0.751. The first-order chi connectivity index (χ1) is 8.31. The molecular formula is C12H18ClNO3S. The van der Waals surface area contributed by atoms with E-state index in [0.29, 0.717) is 17.3 Å². The summed E-state index contributed by atoms with van der Waals surface area (Å²) >= 11 is 6.00. The molecule has 1 rings (SSSR count). The van der Waals surface area contributed by atoms with Crippen molar-refractivity contribution in [2.45, 2.75) is 19.5 Å². The second-order valence-corrected chi connectivity index (χ2v) is 6.94. The number of halogens is 1. The molecule has 0 aliphatic heterocycles. The minimum atomic E-state index is -2.96. The van der Waals surface area contributed by atoms with E-state index in [1.807, 2.05) is 13.0 Å². The number of hydrogen-bond acceptors (Lipinski definition) is 4. The predicted octanol–water partition coefficient (Wildman–Crippen LogP) is 1.87. The number of rotatable bonds is 6. The maximum atomic E-state index is 11.1. The zero-order valence-corrected chi connectivity index (χ0v) is 12.3. The van der Waals surface area contributed by atoms with Crippen molar-refractivity contribution in [3.63, 3.8) is 0 Å². The van der Waals surface area contributed by atoms with E-state index in [9.17, 15) is 8.42 Å². The van der Waals surface area contributed by atoms with Gasteiger partial charge in [0.2, 0.25) is 0 Å². The highest BCUT2D eigenvalue weighted by molar-refractivity contribution is 7.90. The smallest absolute Gasteiger partial charge is 0.148 e. The zero-order chi connectivity index (χ0) is 13.8. The Morgan fingerprint density at radius 2 is 2.11 bits per heavy atom. The van der Waals surface area contributed by atoms with Crippen LogP contribution in [0.4, 0.5) is 0 Å². The molecule has 0 bridgehead atoms. The number of ether oxygens (including phenoxy) is 1. The van der Waals surface area contributed by atoms with E-state index in [0.717, 1.165) is 5.56 Å². The molecule has 0 heterocycles. The van der Waals surface area contributed by atoms with Crippen molar-refractivity contribution in [3.8, 4) is 5.75 Å². The summed E-state index contributed by atoms with van der Waals surface area (Å²) in [6.45, 7) is 2.41. The molecule has 1 unspecified atom stereocenters. The Hall–Kier alpha value is -0.780. The molecule has 0 fully saturated rings. The molecule has 0 aromatic heterocycles. The van der Waals surface area contributed by atoms with Gasteiger partial charge >= 0.3 is 0 Å². The van der Waals surface area contributed by atoms with Crippen molar-refractivity contribution in [3.05, 3.63) is 28.8 Å². The maximum absolute atomic E-state index is 11.1. The summed E-state index contributed by atoms with van der Waals surface area (Å²) in [5.41, 5.74) is 0.987. The van der Waals surface area contributed by atoms with Gasteiger partial charge in [-0.15, -0.1) is 0 Å². The van der Waals surface area contributed by atoms with Crippen molar-refractivity contribution >= 4 is 21.4 Å². The first-order valence-corrected chi connectivity index (χ1v) is 7.99. The van der Waals surface area contributed by atoms with Crippen LogP contribution in [0.2, 0.25) is 5.02 Å². The number of sulfone groups is 1. The van der Waals surface area contributed by atoms with E-state index in [4.69, 9.17) is 16.3 Å². The predicted molar refractivity (Wildman–Crippen MR) is 74.0 cm³/mol. The van der Waals surface area contributed by atoms with E-state index in [2.05, 4.69) is 5.32 Å². The Morgan fingerprint density at radius 3 is 2.61 bits per heavy atom. The number of benzene rings is 1. The summed E-state index contributed by atoms with van der Waals surface area (Å²) < 4.78 is 27.3. The minimum absolute atomic E-state index is 0.0964. The van der Waals surface area contributed by atoms with Gasteiger partial charge in [0.05, 0.1) is 17.9 Å². The molecule has 0 aliphatic carbocycles. The summed E-state index contributed by atoms with van der Waals surface area (Å²) in [6.07, 6.45) is 1.23. The van der Waals surface area contributed by atoms with Crippen molar-refractivity contribution in [1.29, 1.82) is 0 Å². The van der Waals surface area contributed by atoms with Crippen molar-refractivity contribution in [2.75, 3.05) is 19.1 Å². The highest BCUT2D eigenvalue weighted by Crippen LogP contribution is 2.24. The van der Waals surface area contributed by atoms with Crippen LogP contribution in [0.1, 0.15) is 12.5 Å². The average molecular weight is 292 g/mol. The molecule has 0 amide bonds. The Balaban J connectivity index is 2.56. The van der Waals surface area contributed by atoms with Gasteiger partial charge in [-0.05, 0) is 24.6 Å². The van der Waals surface area contributed by atoms with E-state index in [1.165, 1.54) is 6.26 Å². The largest absolute Gasteiger partial charge is 0.495 e. The van der Waals surface area contributed by atoms with Gasteiger partial charge in [0.15, 0.2) is 0 Å². The van der Waals surface area contributed by atoms with E-state index in [-0.39, 0.29) is 11.8 Å². The van der Waals surface area contributed by atoms with Crippen molar-refractivity contribution in [2.24, 2.45) is 0 Å². The van der Waals surface area contributed by atoms with Gasteiger partial charge in [-0.1, -0.05) is 17.7 Å². The lowest BCUT2D eigenvalue weighted by Gasteiger charge is -2.13. The van der Waals surface area contributed by atoms with Crippen molar-refractivity contribution < 1.29 is 13.2 Å². The molecule has 0 saturated heterocycles. The fourth-order valence-electron chi connectivity index (χ4n) is 1.62. The minimum Gasteiger partial charge on any atom is -0.495 e. The van der Waals surface area contributed by atoms with E-state index in [1.54, 1.807) is 19.2 Å². The van der Waals surface area contributed by atoms with Gasteiger partial charge in [0.1, 0.15) is 15.6 Å². The summed E-state index contributed by atoms with van der Waals surface area (Å²) in [5, 5.41) is 3.69. The van der Waals surface area contributed by atoms with Crippen molar-refractivity contribution in [1.82, 2.24) is 5.32 Å². The van der Waals surface area contributed by atoms with Gasteiger partial charge in [-0.2, -0.15) is 0 Å².